The van der Waals surface area contributed by atoms with Crippen molar-refractivity contribution in [2.45, 2.75) is 27.3 Å². The normalized spacial score (nSPS) is 10.7. The number of anilines is 1. The summed E-state index contributed by atoms with van der Waals surface area (Å²) in [6.45, 7) is 5.97. The van der Waals surface area contributed by atoms with Gasteiger partial charge in [-0.3, -0.25) is 9.36 Å². The number of amides is 1. The number of nitrogen functional groups attached to an aromatic ring is 1. The molecule has 0 aliphatic carbocycles. The van der Waals surface area contributed by atoms with E-state index in [4.69, 9.17) is 15.2 Å². The number of carbonyl (C=O) groups excluding carboxylic acids is 1. The Bertz CT molecular complexity index is 1480. The first kappa shape index (κ1) is 23.6. The highest BCUT2D eigenvalue weighted by Crippen LogP contribution is 2.36. The molecule has 0 atom stereocenters. The Morgan fingerprint density at radius 2 is 1.83 bits per heavy atom. The van der Waals surface area contributed by atoms with Crippen LogP contribution in [0.3, 0.4) is 0 Å². The summed E-state index contributed by atoms with van der Waals surface area (Å²) in [6, 6.07) is 15.1. The molecule has 0 fully saturated rings. The average Bonchev–Trinajstić information content (AvgIpc) is 3.13. The molecular weight excluding hydrogens is 442 g/mol. The third-order valence-electron chi connectivity index (χ3n) is 6.16. The van der Waals surface area contributed by atoms with Gasteiger partial charge < -0.3 is 20.5 Å². The van der Waals surface area contributed by atoms with E-state index < -0.39 is 0 Å². The van der Waals surface area contributed by atoms with Gasteiger partial charge in [-0.05, 0) is 56.2 Å². The summed E-state index contributed by atoms with van der Waals surface area (Å²) in [5.74, 6) is 1.33. The first-order chi connectivity index (χ1) is 16.8. The molecular formula is C27H27N5O3. The number of rotatable bonds is 6. The summed E-state index contributed by atoms with van der Waals surface area (Å²) < 4.78 is 12.5. The van der Waals surface area contributed by atoms with Gasteiger partial charge >= 0.3 is 0 Å². The second-order valence-electron chi connectivity index (χ2n) is 8.29. The van der Waals surface area contributed by atoms with Crippen molar-refractivity contribution < 1.29 is 14.3 Å². The van der Waals surface area contributed by atoms with Crippen LogP contribution in [0.4, 0.5) is 5.82 Å². The molecule has 0 aliphatic rings. The van der Waals surface area contributed by atoms with Crippen LogP contribution in [0.2, 0.25) is 0 Å². The maximum Gasteiger partial charge on any atom is 0.255 e. The lowest BCUT2D eigenvalue weighted by molar-refractivity contribution is 0.0953. The third kappa shape index (κ3) is 4.13. The number of nitrogens with zero attached hydrogens (tertiary/aromatic N) is 3. The Morgan fingerprint density at radius 3 is 2.46 bits per heavy atom. The van der Waals surface area contributed by atoms with E-state index in [1.165, 1.54) is 0 Å². The fraction of sp³-hybridized carbons (Fsp3) is 0.222. The first-order valence-electron chi connectivity index (χ1n) is 11.1. The number of nitrogens with one attached hydrogen (secondary N) is 1. The molecule has 8 heteroatoms. The molecule has 0 aliphatic heterocycles. The van der Waals surface area contributed by atoms with Gasteiger partial charge in [-0.25, -0.2) is 4.98 Å². The Morgan fingerprint density at radius 1 is 1.11 bits per heavy atom. The number of aryl methyl sites for hydroxylation is 2. The Balaban J connectivity index is 1.87. The van der Waals surface area contributed by atoms with E-state index in [-0.39, 0.29) is 17.3 Å². The van der Waals surface area contributed by atoms with Gasteiger partial charge in [0.25, 0.3) is 5.91 Å². The zero-order valence-corrected chi connectivity index (χ0v) is 20.4. The number of pyridine rings is 1. The second-order valence-corrected chi connectivity index (χ2v) is 8.29. The number of hydrogen-bond acceptors (Lipinski definition) is 6. The van der Waals surface area contributed by atoms with E-state index in [1.54, 1.807) is 31.8 Å². The maximum atomic E-state index is 13.4. The summed E-state index contributed by atoms with van der Waals surface area (Å²) in [5.41, 5.74) is 11.9. The van der Waals surface area contributed by atoms with Gasteiger partial charge in [0.2, 0.25) is 0 Å². The van der Waals surface area contributed by atoms with Crippen molar-refractivity contribution in [2.24, 2.45) is 0 Å². The molecule has 0 radical (unpaired) electrons. The van der Waals surface area contributed by atoms with Crippen molar-refractivity contribution >= 4 is 22.8 Å². The monoisotopic (exact) mass is 469 g/mol. The number of fused-ring (bicyclic) bond motifs is 1. The van der Waals surface area contributed by atoms with Crippen LogP contribution in [-0.4, -0.2) is 29.7 Å². The van der Waals surface area contributed by atoms with Crippen LogP contribution < -0.4 is 20.5 Å². The molecule has 0 bridgehead atoms. The van der Waals surface area contributed by atoms with E-state index in [0.717, 1.165) is 28.1 Å². The van der Waals surface area contributed by atoms with E-state index in [9.17, 15) is 10.1 Å². The Labute approximate surface area is 203 Å². The lowest BCUT2D eigenvalue weighted by atomic mass is 10.1. The SMILES string of the molecule is COc1ccc(CNC(=O)c2c(N)n(-c3c(C)ccc(OC)c3C)c3nc(C)c(C#N)cc23)cc1. The molecule has 2 aromatic carbocycles. The molecule has 4 rings (SSSR count). The van der Waals surface area contributed by atoms with Crippen LogP contribution in [0.25, 0.3) is 16.7 Å². The van der Waals surface area contributed by atoms with E-state index in [0.29, 0.717) is 34.6 Å². The van der Waals surface area contributed by atoms with Crippen molar-refractivity contribution in [3.05, 3.63) is 76.0 Å². The van der Waals surface area contributed by atoms with Gasteiger partial charge in [-0.1, -0.05) is 18.2 Å². The largest absolute Gasteiger partial charge is 0.497 e. The minimum Gasteiger partial charge on any atom is -0.497 e. The van der Waals surface area contributed by atoms with Gasteiger partial charge in [0.1, 0.15) is 29.0 Å². The lowest BCUT2D eigenvalue weighted by Gasteiger charge is -2.17. The molecule has 0 unspecified atom stereocenters. The molecule has 1 amide bonds. The van der Waals surface area contributed by atoms with Crippen LogP contribution in [0.15, 0.2) is 42.5 Å². The molecule has 35 heavy (non-hydrogen) atoms. The molecule has 8 nitrogen and oxygen atoms in total. The van der Waals surface area contributed by atoms with Crippen LogP contribution in [0.1, 0.15) is 38.3 Å². The number of carbonyl (C=O) groups is 1. The minimum absolute atomic E-state index is 0.244. The molecule has 0 saturated heterocycles. The van der Waals surface area contributed by atoms with Crippen molar-refractivity contribution in [3.63, 3.8) is 0 Å². The van der Waals surface area contributed by atoms with Gasteiger partial charge in [0, 0.05) is 17.5 Å². The molecule has 3 N–H and O–H groups in total. The quantitative estimate of drug-likeness (QED) is 0.434. The number of aromatic nitrogens is 2. The second kappa shape index (κ2) is 9.39. The van der Waals surface area contributed by atoms with E-state index in [1.807, 2.05) is 50.2 Å². The third-order valence-corrected chi connectivity index (χ3v) is 6.16. The highest BCUT2D eigenvalue weighted by molar-refractivity contribution is 6.12. The van der Waals surface area contributed by atoms with Crippen LogP contribution in [0, 0.1) is 32.1 Å². The summed E-state index contributed by atoms with van der Waals surface area (Å²) in [7, 11) is 3.21. The predicted molar refractivity (Wildman–Crippen MR) is 135 cm³/mol. The zero-order valence-electron chi connectivity index (χ0n) is 20.4. The van der Waals surface area contributed by atoms with Gasteiger partial charge in [0.15, 0.2) is 0 Å². The number of nitriles is 1. The highest BCUT2D eigenvalue weighted by atomic mass is 16.5. The smallest absolute Gasteiger partial charge is 0.255 e. The van der Waals surface area contributed by atoms with Gasteiger partial charge in [0.05, 0.1) is 36.7 Å². The van der Waals surface area contributed by atoms with Crippen LogP contribution >= 0.6 is 0 Å². The summed E-state index contributed by atoms with van der Waals surface area (Å²) in [6.07, 6.45) is 0. The Hall–Kier alpha value is -4.51. The predicted octanol–water partition coefficient (Wildman–Crippen LogP) is 4.35. The van der Waals surface area contributed by atoms with E-state index in [2.05, 4.69) is 16.4 Å². The van der Waals surface area contributed by atoms with Crippen molar-refractivity contribution in [2.75, 3.05) is 20.0 Å². The summed E-state index contributed by atoms with van der Waals surface area (Å²) in [5, 5.41) is 13.1. The molecule has 0 spiro atoms. The average molecular weight is 470 g/mol. The fourth-order valence-corrected chi connectivity index (χ4v) is 4.29. The first-order valence-corrected chi connectivity index (χ1v) is 11.1. The fourth-order valence-electron chi connectivity index (χ4n) is 4.29. The van der Waals surface area contributed by atoms with Gasteiger partial charge in [-0.15, -0.1) is 0 Å². The molecule has 2 aromatic heterocycles. The lowest BCUT2D eigenvalue weighted by Crippen LogP contribution is -2.23. The van der Waals surface area contributed by atoms with Crippen LogP contribution in [-0.2, 0) is 6.54 Å². The summed E-state index contributed by atoms with van der Waals surface area (Å²) >= 11 is 0. The molecule has 0 saturated carbocycles. The highest BCUT2D eigenvalue weighted by Gasteiger charge is 2.26. The van der Waals surface area contributed by atoms with E-state index >= 15 is 0 Å². The number of hydrogen-bond donors (Lipinski definition) is 2. The van der Waals surface area contributed by atoms with Crippen molar-refractivity contribution in [1.29, 1.82) is 5.26 Å². The summed E-state index contributed by atoms with van der Waals surface area (Å²) in [4.78, 5) is 18.1. The topological polar surface area (TPSA) is 115 Å². The number of ether oxygens (including phenoxy) is 2. The molecule has 178 valence electrons. The number of methoxy groups -OCH3 is 2. The van der Waals surface area contributed by atoms with Crippen molar-refractivity contribution in [3.8, 4) is 23.3 Å². The maximum absolute atomic E-state index is 13.4. The molecule has 2 heterocycles. The van der Waals surface area contributed by atoms with Gasteiger partial charge in [-0.2, -0.15) is 5.26 Å². The molecule has 4 aromatic rings. The zero-order chi connectivity index (χ0) is 25.3. The minimum atomic E-state index is -0.352. The Kier molecular flexibility index (Phi) is 6.34. The van der Waals surface area contributed by atoms with Crippen LogP contribution in [0.5, 0.6) is 11.5 Å². The standard InChI is InChI=1S/C27H27N5O3/c1-15-6-11-22(35-5)16(2)24(15)32-25(29)23(21-12-19(13-28)17(3)31-26(21)32)27(33)30-14-18-7-9-20(34-4)10-8-18/h6-12H,14,29H2,1-5H3,(H,30,33). The number of nitrogens with two attached hydrogens (primary N) is 1. The number of benzene rings is 2. The van der Waals surface area contributed by atoms with Crippen molar-refractivity contribution in [1.82, 2.24) is 14.9 Å².